The lowest BCUT2D eigenvalue weighted by Gasteiger charge is -2.53. The SMILES string of the molecule is Cl.FC1[C@H]2C[C@H]3O[C@@H]1C[C@@H](N2)C3F. The van der Waals surface area contributed by atoms with E-state index >= 15 is 0 Å². The van der Waals surface area contributed by atoms with Crippen LogP contribution in [0.25, 0.3) is 0 Å². The maximum atomic E-state index is 13.3. The van der Waals surface area contributed by atoms with Gasteiger partial charge in [-0.2, -0.15) is 0 Å². The fourth-order valence-corrected chi connectivity index (χ4v) is 2.62. The first-order valence-corrected chi connectivity index (χ1v) is 4.45. The second kappa shape index (κ2) is 3.04. The van der Waals surface area contributed by atoms with Crippen LogP contribution in [0.3, 0.4) is 0 Å². The average Bonchev–Trinajstić information content (AvgIpc) is 2.02. The summed E-state index contributed by atoms with van der Waals surface area (Å²) in [6.45, 7) is 0. The molecule has 1 N–H and O–H groups in total. The molecule has 0 aromatic heterocycles. The number of hydrogen-bond donors (Lipinski definition) is 1. The molecule has 0 saturated carbocycles. The zero-order valence-corrected chi connectivity index (χ0v) is 7.77. The Hall–Kier alpha value is 0.0700. The Kier molecular flexibility index (Phi) is 2.25. The molecule has 4 saturated heterocycles. The smallest absolute Gasteiger partial charge is 0.141 e. The zero-order chi connectivity index (χ0) is 8.29. The van der Waals surface area contributed by atoms with E-state index < -0.39 is 12.3 Å². The molecule has 4 aliphatic rings. The lowest BCUT2D eigenvalue weighted by Crippen LogP contribution is -2.71. The predicted molar refractivity (Wildman–Crippen MR) is 45.6 cm³/mol. The first-order valence-electron chi connectivity index (χ1n) is 4.45. The summed E-state index contributed by atoms with van der Waals surface area (Å²) < 4.78 is 31.9. The topological polar surface area (TPSA) is 21.3 Å². The highest BCUT2D eigenvalue weighted by molar-refractivity contribution is 5.85. The molecule has 0 amide bonds. The van der Waals surface area contributed by atoms with Crippen LogP contribution in [0.4, 0.5) is 8.78 Å². The van der Waals surface area contributed by atoms with Gasteiger partial charge in [-0.1, -0.05) is 0 Å². The summed E-state index contributed by atoms with van der Waals surface area (Å²) in [5, 5.41) is 2.98. The minimum Gasteiger partial charge on any atom is -0.369 e. The fraction of sp³-hybridized carbons (Fsp3) is 1.00. The Balaban J connectivity index is 0.000000653. The quantitative estimate of drug-likeness (QED) is 0.645. The Morgan fingerprint density at radius 2 is 1.46 bits per heavy atom. The Bertz CT molecular complexity index is 168. The van der Waals surface area contributed by atoms with Crippen LogP contribution in [-0.4, -0.2) is 36.6 Å². The van der Waals surface area contributed by atoms with Gasteiger partial charge in [0.05, 0.1) is 12.2 Å². The maximum Gasteiger partial charge on any atom is 0.141 e. The van der Waals surface area contributed by atoms with Gasteiger partial charge in [-0.05, 0) is 12.8 Å². The van der Waals surface area contributed by atoms with Crippen molar-refractivity contribution >= 4 is 12.4 Å². The van der Waals surface area contributed by atoms with E-state index in [-0.39, 0.29) is 36.7 Å². The Morgan fingerprint density at radius 3 is 1.85 bits per heavy atom. The van der Waals surface area contributed by atoms with Crippen molar-refractivity contribution in [1.29, 1.82) is 0 Å². The van der Waals surface area contributed by atoms with Crippen LogP contribution in [0.2, 0.25) is 0 Å². The number of alkyl halides is 2. The number of ether oxygens (including phenoxy) is 1. The second-order valence-corrected chi connectivity index (χ2v) is 3.95. The van der Waals surface area contributed by atoms with Crippen molar-refractivity contribution in [1.82, 2.24) is 5.32 Å². The van der Waals surface area contributed by atoms with E-state index in [4.69, 9.17) is 4.74 Å². The van der Waals surface area contributed by atoms with E-state index in [0.717, 1.165) is 0 Å². The van der Waals surface area contributed by atoms with Crippen molar-refractivity contribution in [3.8, 4) is 0 Å². The standard InChI is InChI=1S/C8H11F2NO.ClH/c9-7-3-1-5-8(10)4(11-3)2-6(7)12-5;/h3-8,11H,1-2H2;1H/t3-,4-,5-,6-,7?,8?;/m1./s1. The van der Waals surface area contributed by atoms with Crippen molar-refractivity contribution in [3.63, 3.8) is 0 Å². The van der Waals surface area contributed by atoms with E-state index in [1.165, 1.54) is 0 Å². The first-order chi connectivity index (χ1) is 5.75. The molecule has 2 nitrogen and oxygen atoms in total. The summed E-state index contributed by atoms with van der Waals surface area (Å²) in [6, 6.07) is -0.306. The molecule has 13 heavy (non-hydrogen) atoms. The molecule has 0 aromatic rings. The number of halogens is 3. The number of nitrogens with one attached hydrogen (secondary N) is 1. The number of rotatable bonds is 0. The van der Waals surface area contributed by atoms with Crippen LogP contribution < -0.4 is 5.32 Å². The van der Waals surface area contributed by atoms with Crippen LogP contribution in [0.5, 0.6) is 0 Å². The molecule has 4 aliphatic heterocycles. The molecule has 2 unspecified atom stereocenters. The lowest BCUT2D eigenvalue weighted by atomic mass is 9.78. The van der Waals surface area contributed by atoms with Gasteiger partial charge in [-0.3, -0.25) is 0 Å². The van der Waals surface area contributed by atoms with Crippen LogP contribution >= 0.6 is 12.4 Å². The van der Waals surface area contributed by atoms with Gasteiger partial charge in [0.25, 0.3) is 0 Å². The summed E-state index contributed by atoms with van der Waals surface area (Å²) >= 11 is 0. The van der Waals surface area contributed by atoms with Crippen LogP contribution in [0, 0.1) is 0 Å². The molecule has 4 rings (SSSR count). The number of piperidine rings is 2. The van der Waals surface area contributed by atoms with Gasteiger partial charge >= 0.3 is 0 Å². The molecule has 0 aliphatic carbocycles. The van der Waals surface area contributed by atoms with Crippen molar-refractivity contribution in [3.05, 3.63) is 0 Å². The summed E-state index contributed by atoms with van der Waals surface area (Å²) in [5.74, 6) is 0. The first kappa shape index (κ1) is 9.62. The molecule has 0 aromatic carbocycles. The molecule has 0 radical (unpaired) electrons. The normalized spacial score (nSPS) is 57.7. The molecular weight excluding hydrogens is 200 g/mol. The van der Waals surface area contributed by atoms with Crippen LogP contribution in [0.15, 0.2) is 0 Å². The lowest BCUT2D eigenvalue weighted by molar-refractivity contribution is -0.200. The molecule has 0 spiro atoms. The molecule has 4 heterocycles. The van der Waals surface area contributed by atoms with E-state index in [1.807, 2.05) is 0 Å². The highest BCUT2D eigenvalue weighted by Gasteiger charge is 2.54. The third-order valence-corrected chi connectivity index (χ3v) is 3.23. The summed E-state index contributed by atoms with van der Waals surface area (Å²) in [5.41, 5.74) is 0. The third-order valence-electron chi connectivity index (χ3n) is 3.23. The van der Waals surface area contributed by atoms with E-state index in [0.29, 0.717) is 12.8 Å². The molecule has 5 heteroatoms. The predicted octanol–water partition coefficient (Wildman–Crippen LogP) is 0.986. The van der Waals surface area contributed by atoms with Gasteiger partial charge in [0.1, 0.15) is 12.3 Å². The monoisotopic (exact) mass is 211 g/mol. The van der Waals surface area contributed by atoms with Gasteiger partial charge < -0.3 is 10.1 Å². The molecule has 76 valence electrons. The fourth-order valence-electron chi connectivity index (χ4n) is 2.62. The van der Waals surface area contributed by atoms with Gasteiger partial charge in [0, 0.05) is 12.1 Å². The molecular formula is C8H12ClF2NO. The van der Waals surface area contributed by atoms with Gasteiger partial charge in [-0.25, -0.2) is 8.78 Å². The second-order valence-electron chi connectivity index (χ2n) is 3.95. The summed E-state index contributed by atoms with van der Waals surface area (Å²) in [4.78, 5) is 0. The highest BCUT2D eigenvalue weighted by atomic mass is 35.5. The van der Waals surface area contributed by atoms with Crippen molar-refractivity contribution in [2.24, 2.45) is 0 Å². The van der Waals surface area contributed by atoms with E-state index in [2.05, 4.69) is 5.32 Å². The van der Waals surface area contributed by atoms with Gasteiger partial charge in [0.15, 0.2) is 0 Å². The van der Waals surface area contributed by atoms with Crippen molar-refractivity contribution in [2.75, 3.05) is 0 Å². The molecule has 4 fully saturated rings. The minimum atomic E-state index is -0.926. The average molecular weight is 212 g/mol. The Labute approximate surface area is 81.4 Å². The van der Waals surface area contributed by atoms with Crippen molar-refractivity contribution in [2.45, 2.75) is 49.5 Å². The van der Waals surface area contributed by atoms with Gasteiger partial charge in [0.2, 0.25) is 0 Å². The van der Waals surface area contributed by atoms with E-state index in [9.17, 15) is 8.78 Å². The zero-order valence-electron chi connectivity index (χ0n) is 6.95. The van der Waals surface area contributed by atoms with Crippen LogP contribution in [-0.2, 0) is 4.74 Å². The largest absolute Gasteiger partial charge is 0.369 e. The minimum absolute atomic E-state index is 0. The van der Waals surface area contributed by atoms with Gasteiger partial charge in [-0.15, -0.1) is 12.4 Å². The Morgan fingerprint density at radius 1 is 1.00 bits per heavy atom. The summed E-state index contributed by atoms with van der Waals surface area (Å²) in [6.07, 6.45) is -1.54. The molecule has 6 atom stereocenters. The van der Waals surface area contributed by atoms with E-state index in [1.54, 1.807) is 0 Å². The molecule has 4 bridgehead atoms. The van der Waals surface area contributed by atoms with Crippen molar-refractivity contribution < 1.29 is 13.5 Å². The summed E-state index contributed by atoms with van der Waals surface area (Å²) in [7, 11) is 0. The highest BCUT2D eigenvalue weighted by Crippen LogP contribution is 2.39. The number of hydrogen-bond acceptors (Lipinski definition) is 2. The van der Waals surface area contributed by atoms with Crippen LogP contribution in [0.1, 0.15) is 12.8 Å². The maximum absolute atomic E-state index is 13.3. The third kappa shape index (κ3) is 1.19.